The van der Waals surface area contributed by atoms with Crippen LogP contribution in [0.25, 0.3) is 0 Å². The topological polar surface area (TPSA) is 55.1 Å². The predicted octanol–water partition coefficient (Wildman–Crippen LogP) is 2.37. The molecule has 0 aromatic heterocycles. The van der Waals surface area contributed by atoms with Crippen LogP contribution in [0.3, 0.4) is 0 Å². The summed E-state index contributed by atoms with van der Waals surface area (Å²) in [6, 6.07) is 0.187. The van der Waals surface area contributed by atoms with Crippen molar-refractivity contribution in [2.24, 2.45) is 11.7 Å². The van der Waals surface area contributed by atoms with Crippen LogP contribution in [0.5, 0.6) is 0 Å². The standard InChI is InChI=1S/C14H26N2O/c1-2-3-5-10-14(17)16-13(11-15)12-8-6-4-7-9-12/h2,12-13H,1,3-11,15H2,(H,16,17). The molecule has 0 aliphatic heterocycles. The average Bonchev–Trinajstić information content (AvgIpc) is 2.37. The summed E-state index contributed by atoms with van der Waals surface area (Å²) in [6.45, 7) is 4.22. The Kier molecular flexibility index (Phi) is 6.94. The molecule has 17 heavy (non-hydrogen) atoms. The number of hydrogen-bond acceptors (Lipinski definition) is 2. The lowest BCUT2D eigenvalue weighted by Crippen LogP contribution is -2.45. The molecule has 0 bridgehead atoms. The maximum atomic E-state index is 11.7. The molecular formula is C14H26N2O. The van der Waals surface area contributed by atoms with E-state index < -0.39 is 0 Å². The van der Waals surface area contributed by atoms with Crippen LogP contribution in [0.1, 0.15) is 51.4 Å². The molecule has 1 unspecified atom stereocenters. The van der Waals surface area contributed by atoms with Crippen LogP contribution in [0.4, 0.5) is 0 Å². The summed E-state index contributed by atoms with van der Waals surface area (Å²) < 4.78 is 0. The summed E-state index contributed by atoms with van der Waals surface area (Å²) in [6.07, 6.45) is 10.6. The number of rotatable bonds is 7. The zero-order chi connectivity index (χ0) is 12.5. The minimum Gasteiger partial charge on any atom is -0.352 e. The van der Waals surface area contributed by atoms with Gasteiger partial charge in [-0.05, 0) is 31.6 Å². The third kappa shape index (κ3) is 5.35. The van der Waals surface area contributed by atoms with Crippen molar-refractivity contribution in [1.29, 1.82) is 0 Å². The Balaban J connectivity index is 2.29. The van der Waals surface area contributed by atoms with Gasteiger partial charge in [0.25, 0.3) is 0 Å². The first-order valence-electron chi connectivity index (χ1n) is 6.88. The summed E-state index contributed by atoms with van der Waals surface area (Å²) in [5.41, 5.74) is 5.78. The van der Waals surface area contributed by atoms with E-state index >= 15 is 0 Å². The van der Waals surface area contributed by atoms with Gasteiger partial charge < -0.3 is 11.1 Å². The van der Waals surface area contributed by atoms with Crippen LogP contribution in [0, 0.1) is 5.92 Å². The summed E-state index contributed by atoms with van der Waals surface area (Å²) in [7, 11) is 0. The van der Waals surface area contributed by atoms with E-state index in [2.05, 4.69) is 11.9 Å². The number of hydrogen-bond donors (Lipinski definition) is 2. The van der Waals surface area contributed by atoms with Crippen molar-refractivity contribution in [3.63, 3.8) is 0 Å². The Morgan fingerprint density at radius 2 is 2.12 bits per heavy atom. The molecule has 0 aromatic rings. The van der Waals surface area contributed by atoms with Gasteiger partial charge in [0, 0.05) is 19.0 Å². The van der Waals surface area contributed by atoms with Crippen LogP contribution in [0.2, 0.25) is 0 Å². The quantitative estimate of drug-likeness (QED) is 0.528. The van der Waals surface area contributed by atoms with Crippen molar-refractivity contribution < 1.29 is 4.79 Å². The Labute approximate surface area is 105 Å². The molecule has 0 saturated heterocycles. The van der Waals surface area contributed by atoms with Gasteiger partial charge in [0.05, 0.1) is 0 Å². The normalized spacial score (nSPS) is 18.6. The Bertz CT molecular complexity index is 234. The second kappa shape index (κ2) is 8.29. The summed E-state index contributed by atoms with van der Waals surface area (Å²) in [5.74, 6) is 0.741. The lowest BCUT2D eigenvalue weighted by molar-refractivity contribution is -0.122. The maximum absolute atomic E-state index is 11.7. The van der Waals surface area contributed by atoms with Gasteiger partial charge in [-0.1, -0.05) is 25.3 Å². The molecule has 1 rings (SSSR count). The fourth-order valence-electron chi connectivity index (χ4n) is 2.59. The van der Waals surface area contributed by atoms with Crippen LogP contribution < -0.4 is 11.1 Å². The second-order valence-electron chi connectivity index (χ2n) is 4.99. The highest BCUT2D eigenvalue weighted by Crippen LogP contribution is 2.26. The second-order valence-corrected chi connectivity index (χ2v) is 4.99. The van der Waals surface area contributed by atoms with E-state index in [0.717, 1.165) is 12.8 Å². The van der Waals surface area contributed by atoms with Crippen LogP contribution in [-0.2, 0) is 4.79 Å². The van der Waals surface area contributed by atoms with E-state index in [9.17, 15) is 4.79 Å². The maximum Gasteiger partial charge on any atom is 0.220 e. The average molecular weight is 238 g/mol. The van der Waals surface area contributed by atoms with E-state index in [1.807, 2.05) is 6.08 Å². The van der Waals surface area contributed by atoms with E-state index in [-0.39, 0.29) is 11.9 Å². The lowest BCUT2D eigenvalue weighted by atomic mass is 9.84. The third-order valence-electron chi connectivity index (χ3n) is 3.63. The summed E-state index contributed by atoms with van der Waals surface area (Å²) >= 11 is 0. The molecule has 3 N–H and O–H groups in total. The first-order chi connectivity index (χ1) is 8.27. The molecule has 1 aliphatic rings. The Morgan fingerprint density at radius 3 is 2.71 bits per heavy atom. The molecule has 1 aliphatic carbocycles. The van der Waals surface area contributed by atoms with E-state index in [1.54, 1.807) is 0 Å². The van der Waals surface area contributed by atoms with Gasteiger partial charge in [0.1, 0.15) is 0 Å². The molecule has 0 heterocycles. The molecule has 3 heteroatoms. The van der Waals surface area contributed by atoms with Crippen molar-refractivity contribution in [3.8, 4) is 0 Å². The zero-order valence-electron chi connectivity index (χ0n) is 10.8. The number of nitrogens with two attached hydrogens (primary N) is 1. The van der Waals surface area contributed by atoms with Crippen molar-refractivity contribution in [1.82, 2.24) is 5.32 Å². The first-order valence-corrected chi connectivity index (χ1v) is 6.88. The van der Waals surface area contributed by atoms with Gasteiger partial charge in [-0.2, -0.15) is 0 Å². The van der Waals surface area contributed by atoms with Gasteiger partial charge in [0.15, 0.2) is 0 Å². The lowest BCUT2D eigenvalue weighted by Gasteiger charge is -2.30. The SMILES string of the molecule is C=CCCCC(=O)NC(CN)C1CCCCC1. The number of carbonyl (C=O) groups is 1. The number of carbonyl (C=O) groups excluding carboxylic acids is 1. The van der Waals surface area contributed by atoms with Crippen molar-refractivity contribution in [3.05, 3.63) is 12.7 Å². The minimum absolute atomic E-state index is 0.146. The van der Waals surface area contributed by atoms with Gasteiger partial charge in [-0.15, -0.1) is 6.58 Å². The number of nitrogens with one attached hydrogen (secondary N) is 1. The first kappa shape index (κ1) is 14.2. The molecule has 0 radical (unpaired) electrons. The highest BCUT2D eigenvalue weighted by molar-refractivity contribution is 5.76. The molecule has 1 saturated carbocycles. The summed E-state index contributed by atoms with van der Waals surface area (Å²) in [5, 5.41) is 3.10. The molecule has 1 atom stereocenters. The summed E-state index contributed by atoms with van der Waals surface area (Å²) in [4.78, 5) is 11.7. The van der Waals surface area contributed by atoms with Crippen LogP contribution in [0.15, 0.2) is 12.7 Å². The van der Waals surface area contributed by atoms with E-state index in [4.69, 9.17) is 5.73 Å². The smallest absolute Gasteiger partial charge is 0.220 e. The van der Waals surface area contributed by atoms with Crippen molar-refractivity contribution in [2.75, 3.05) is 6.54 Å². The molecule has 0 spiro atoms. The minimum atomic E-state index is 0.146. The third-order valence-corrected chi connectivity index (χ3v) is 3.63. The molecule has 3 nitrogen and oxygen atoms in total. The molecular weight excluding hydrogens is 212 g/mol. The number of amides is 1. The molecule has 1 fully saturated rings. The zero-order valence-corrected chi connectivity index (χ0v) is 10.8. The predicted molar refractivity (Wildman–Crippen MR) is 71.6 cm³/mol. The highest BCUT2D eigenvalue weighted by Gasteiger charge is 2.23. The molecule has 0 aromatic carbocycles. The monoisotopic (exact) mass is 238 g/mol. The largest absolute Gasteiger partial charge is 0.352 e. The Hall–Kier alpha value is -0.830. The molecule has 1 amide bonds. The van der Waals surface area contributed by atoms with Crippen LogP contribution in [-0.4, -0.2) is 18.5 Å². The van der Waals surface area contributed by atoms with Gasteiger partial charge in [0.2, 0.25) is 5.91 Å². The number of unbranched alkanes of at least 4 members (excludes halogenated alkanes) is 1. The Morgan fingerprint density at radius 1 is 1.41 bits per heavy atom. The van der Waals surface area contributed by atoms with Crippen molar-refractivity contribution >= 4 is 5.91 Å². The van der Waals surface area contributed by atoms with E-state index in [0.29, 0.717) is 18.9 Å². The number of allylic oxidation sites excluding steroid dienone is 1. The van der Waals surface area contributed by atoms with Crippen LogP contribution >= 0.6 is 0 Å². The highest BCUT2D eigenvalue weighted by atomic mass is 16.1. The fraction of sp³-hybridized carbons (Fsp3) is 0.786. The van der Waals surface area contributed by atoms with E-state index in [1.165, 1.54) is 32.1 Å². The van der Waals surface area contributed by atoms with Gasteiger partial charge in [-0.25, -0.2) is 0 Å². The van der Waals surface area contributed by atoms with Gasteiger partial charge >= 0.3 is 0 Å². The fourth-order valence-corrected chi connectivity index (χ4v) is 2.59. The molecule has 98 valence electrons. The van der Waals surface area contributed by atoms with Gasteiger partial charge in [-0.3, -0.25) is 4.79 Å². The van der Waals surface area contributed by atoms with Crippen molar-refractivity contribution in [2.45, 2.75) is 57.4 Å².